The summed E-state index contributed by atoms with van der Waals surface area (Å²) in [7, 11) is 0. The Morgan fingerprint density at radius 3 is 2.79 bits per heavy atom. The SMILES string of the molecule is C#[N+][C@](Cn1ccnc1)(NC(CNc1ccc(C)cc1)=NC(O)C1C=CC=C(C#N)C1)c1ccc(Cl)cc1Cl. The van der Waals surface area contributed by atoms with E-state index in [9.17, 15) is 10.4 Å². The highest BCUT2D eigenvalue weighted by Crippen LogP contribution is 2.34. The van der Waals surface area contributed by atoms with Crippen LogP contribution in [-0.4, -0.2) is 33.3 Å². The van der Waals surface area contributed by atoms with E-state index in [0.717, 1.165) is 11.3 Å². The second kappa shape index (κ2) is 12.6. The fraction of sp³-hybridized carbons (Fsp3) is 0.241. The van der Waals surface area contributed by atoms with Crippen molar-refractivity contribution in [2.45, 2.75) is 31.8 Å². The fourth-order valence-corrected chi connectivity index (χ4v) is 4.83. The smallest absolute Gasteiger partial charge is 0.378 e. The number of aromatic nitrogens is 2. The number of nitrogens with zero attached hydrogens (tertiary/aromatic N) is 5. The lowest BCUT2D eigenvalue weighted by molar-refractivity contribution is 0.138. The highest BCUT2D eigenvalue weighted by atomic mass is 35.5. The first kappa shape index (κ1) is 27.9. The summed E-state index contributed by atoms with van der Waals surface area (Å²) >= 11 is 12.8. The highest BCUT2D eigenvalue weighted by molar-refractivity contribution is 6.35. The van der Waals surface area contributed by atoms with Gasteiger partial charge in [-0.2, -0.15) is 5.26 Å². The predicted molar refractivity (Wildman–Crippen MR) is 156 cm³/mol. The molecule has 198 valence electrons. The summed E-state index contributed by atoms with van der Waals surface area (Å²) in [5.41, 5.74) is 1.84. The molecular weight excluding hydrogens is 533 g/mol. The van der Waals surface area contributed by atoms with Gasteiger partial charge >= 0.3 is 5.66 Å². The lowest BCUT2D eigenvalue weighted by Gasteiger charge is -2.26. The largest absolute Gasteiger partial charge is 0.399 e. The number of halogens is 2. The van der Waals surface area contributed by atoms with E-state index in [2.05, 4.69) is 31.5 Å². The van der Waals surface area contributed by atoms with Gasteiger partial charge in [0.2, 0.25) is 0 Å². The first-order valence-electron chi connectivity index (χ1n) is 12.3. The van der Waals surface area contributed by atoms with E-state index in [1.165, 1.54) is 0 Å². The van der Waals surface area contributed by atoms with E-state index in [1.54, 1.807) is 49.1 Å². The number of hydrogen-bond donors (Lipinski definition) is 3. The van der Waals surface area contributed by atoms with Gasteiger partial charge in [0.25, 0.3) is 6.57 Å². The molecule has 0 spiro atoms. The Balaban J connectivity index is 1.72. The van der Waals surface area contributed by atoms with Gasteiger partial charge in [0, 0.05) is 34.6 Å². The minimum absolute atomic E-state index is 0.212. The number of nitrogens with one attached hydrogen (secondary N) is 2. The molecule has 3 N–H and O–H groups in total. The van der Waals surface area contributed by atoms with Crippen LogP contribution in [0.4, 0.5) is 5.69 Å². The van der Waals surface area contributed by atoms with E-state index in [1.807, 2.05) is 41.8 Å². The fourth-order valence-electron chi connectivity index (χ4n) is 4.27. The minimum atomic E-state index is -1.30. The zero-order valence-electron chi connectivity index (χ0n) is 21.3. The Labute approximate surface area is 237 Å². The molecule has 0 aliphatic heterocycles. The Morgan fingerprint density at radius 1 is 1.33 bits per heavy atom. The monoisotopic (exact) mass is 560 g/mol. The van der Waals surface area contributed by atoms with Crippen LogP contribution in [-0.2, 0) is 12.2 Å². The molecule has 1 aliphatic carbocycles. The number of allylic oxidation sites excluding steroid dienone is 3. The number of aliphatic hydroxyl groups is 1. The van der Waals surface area contributed by atoms with Crippen LogP contribution in [0.2, 0.25) is 10.0 Å². The third-order valence-electron chi connectivity index (χ3n) is 6.36. The average Bonchev–Trinajstić information content (AvgIpc) is 3.45. The number of nitriles is 1. The summed E-state index contributed by atoms with van der Waals surface area (Å²) in [6.45, 7) is 8.53. The van der Waals surface area contributed by atoms with Crippen LogP contribution < -0.4 is 10.6 Å². The number of imidazole rings is 1. The first-order valence-corrected chi connectivity index (χ1v) is 13.0. The van der Waals surface area contributed by atoms with Gasteiger partial charge < -0.3 is 15.0 Å². The van der Waals surface area contributed by atoms with Crippen molar-refractivity contribution in [3.05, 3.63) is 111 Å². The maximum absolute atomic E-state index is 11.1. The summed E-state index contributed by atoms with van der Waals surface area (Å²) < 4.78 is 1.81. The van der Waals surface area contributed by atoms with Crippen LogP contribution in [0, 0.1) is 30.7 Å². The number of aliphatic hydroxyl groups excluding tert-OH is 1. The summed E-state index contributed by atoms with van der Waals surface area (Å²) in [4.78, 5) is 13.0. The van der Waals surface area contributed by atoms with Gasteiger partial charge in [-0.1, -0.05) is 53.1 Å². The van der Waals surface area contributed by atoms with Crippen molar-refractivity contribution in [3.8, 4) is 12.6 Å². The van der Waals surface area contributed by atoms with E-state index < -0.39 is 11.9 Å². The standard InChI is InChI=1S/C29H28Cl2N7O/c1-20-6-9-24(10-7-20)35-17-27(36-28(39)22-5-3-4-21(14-22)16-32)37-29(33-2,18-38-13-12-34-19-38)25-11-8-23(30)15-26(25)31/h2-13,15,19,22,28,35,39H,14,17-18H2,1H3,(H,36,37)/q+1/t22?,28?,29-/m1/s1. The molecule has 0 fully saturated rings. The minimum Gasteiger partial charge on any atom is -0.378 e. The molecule has 0 saturated carbocycles. The molecule has 4 rings (SSSR count). The molecule has 1 heterocycles. The number of aliphatic imine (C=N–C) groups is 1. The van der Waals surface area contributed by atoms with E-state index in [0.29, 0.717) is 33.4 Å². The topological polar surface area (TPSA) is 103 Å². The first-order chi connectivity index (χ1) is 18.8. The zero-order valence-corrected chi connectivity index (χ0v) is 22.8. The Hall–Kier alpha value is -4.08. The molecule has 0 amide bonds. The van der Waals surface area contributed by atoms with Crippen molar-refractivity contribution in [1.82, 2.24) is 14.9 Å². The average molecular weight is 561 g/mol. The van der Waals surface area contributed by atoms with Gasteiger partial charge in [0.15, 0.2) is 6.23 Å². The predicted octanol–water partition coefficient (Wildman–Crippen LogP) is 5.76. The summed E-state index contributed by atoms with van der Waals surface area (Å²) in [5.74, 6) is 0.00248. The van der Waals surface area contributed by atoms with Crippen molar-refractivity contribution in [2.75, 3.05) is 11.9 Å². The molecule has 1 aliphatic rings. The van der Waals surface area contributed by atoms with Crippen molar-refractivity contribution >= 4 is 34.7 Å². The lowest BCUT2D eigenvalue weighted by atomic mass is 9.93. The maximum atomic E-state index is 11.1. The Bertz CT molecular complexity index is 1470. The summed E-state index contributed by atoms with van der Waals surface area (Å²) in [5, 5.41) is 28.0. The normalized spacial score (nSPS) is 17.3. The molecule has 8 nitrogen and oxygen atoms in total. The van der Waals surface area contributed by atoms with Crippen LogP contribution in [0.25, 0.3) is 4.85 Å². The number of amidine groups is 1. The molecule has 39 heavy (non-hydrogen) atoms. The number of anilines is 1. The molecule has 0 saturated heterocycles. The van der Waals surface area contributed by atoms with Gasteiger partial charge in [-0.15, -0.1) is 0 Å². The van der Waals surface area contributed by atoms with Gasteiger partial charge in [-0.05, 0) is 54.6 Å². The van der Waals surface area contributed by atoms with Gasteiger partial charge in [-0.25, -0.2) is 9.98 Å². The Morgan fingerprint density at radius 2 is 2.13 bits per heavy atom. The number of benzene rings is 2. The maximum Gasteiger partial charge on any atom is 0.399 e. The van der Waals surface area contributed by atoms with Crippen LogP contribution in [0.15, 0.2) is 90.0 Å². The molecule has 3 aromatic rings. The molecule has 2 aromatic carbocycles. The second-order valence-corrected chi connectivity index (χ2v) is 10.1. The third kappa shape index (κ3) is 7.07. The van der Waals surface area contributed by atoms with E-state index in [-0.39, 0.29) is 19.0 Å². The quantitative estimate of drug-likeness (QED) is 0.228. The van der Waals surface area contributed by atoms with Crippen molar-refractivity contribution in [2.24, 2.45) is 10.9 Å². The number of rotatable bonds is 9. The van der Waals surface area contributed by atoms with E-state index in [4.69, 9.17) is 29.8 Å². The lowest BCUT2D eigenvalue weighted by Crippen LogP contribution is -2.49. The van der Waals surface area contributed by atoms with Crippen LogP contribution in [0.5, 0.6) is 0 Å². The zero-order chi connectivity index (χ0) is 27.8. The molecule has 10 heteroatoms. The van der Waals surface area contributed by atoms with Gasteiger partial charge in [0.1, 0.15) is 12.4 Å². The molecule has 3 atom stereocenters. The summed E-state index contributed by atoms with van der Waals surface area (Å²) in [6.07, 6.45) is 9.65. The summed E-state index contributed by atoms with van der Waals surface area (Å²) in [6, 6.07) is 15.1. The second-order valence-electron chi connectivity index (χ2n) is 9.24. The Kier molecular flexibility index (Phi) is 9.06. The van der Waals surface area contributed by atoms with Crippen LogP contribution >= 0.6 is 23.2 Å². The molecular formula is C29H28Cl2N7O+. The third-order valence-corrected chi connectivity index (χ3v) is 6.90. The van der Waals surface area contributed by atoms with Crippen molar-refractivity contribution in [1.29, 1.82) is 5.26 Å². The number of aryl methyl sites for hydroxylation is 1. The van der Waals surface area contributed by atoms with Crippen molar-refractivity contribution in [3.63, 3.8) is 0 Å². The molecule has 0 radical (unpaired) electrons. The molecule has 2 unspecified atom stereocenters. The van der Waals surface area contributed by atoms with Gasteiger partial charge in [-0.3, -0.25) is 5.32 Å². The van der Waals surface area contributed by atoms with Crippen LogP contribution in [0.3, 0.4) is 0 Å². The van der Waals surface area contributed by atoms with Gasteiger partial charge in [0.05, 0.1) is 29.5 Å². The molecule has 1 aromatic heterocycles. The highest BCUT2D eigenvalue weighted by Gasteiger charge is 2.46. The van der Waals surface area contributed by atoms with Crippen LogP contribution in [0.1, 0.15) is 17.5 Å². The van der Waals surface area contributed by atoms with Crippen molar-refractivity contribution < 1.29 is 5.11 Å². The molecule has 0 bridgehead atoms. The van der Waals surface area contributed by atoms with E-state index >= 15 is 0 Å². The number of hydrogen-bond acceptors (Lipinski definition) is 5.